The van der Waals surface area contributed by atoms with E-state index in [9.17, 15) is 19.7 Å². The Balaban J connectivity index is 0.883. The molecule has 5 aliphatic heterocycles. The van der Waals surface area contributed by atoms with Crippen molar-refractivity contribution in [2.45, 2.75) is 58.1 Å². The maximum absolute atomic E-state index is 13.2. The number of ether oxygens (including phenoxy) is 1. The minimum absolute atomic E-state index is 0.0179. The Morgan fingerprint density at radius 2 is 1.64 bits per heavy atom. The first-order valence-electron chi connectivity index (χ1n) is 16.8. The van der Waals surface area contributed by atoms with E-state index in [-0.39, 0.29) is 22.4 Å². The van der Waals surface area contributed by atoms with Crippen LogP contribution in [-0.4, -0.2) is 92.3 Å². The SMILES string of the molecule is COc1cc(N2CCC3(CCN(CC4CCN(c5ccc6c(c5)C(=O)N(C5CCONO5)C6=O)CC4)CC3)CC2)c(C)cc1[N+](=O)[O-]. The first-order chi connectivity index (χ1) is 22.7. The highest BCUT2D eigenvalue weighted by molar-refractivity contribution is 6.21. The van der Waals surface area contributed by atoms with Crippen LogP contribution in [0.25, 0.3) is 0 Å². The van der Waals surface area contributed by atoms with Crippen LogP contribution < -0.4 is 20.2 Å². The Morgan fingerprint density at radius 1 is 0.936 bits per heavy atom. The summed E-state index contributed by atoms with van der Waals surface area (Å²) in [5.41, 5.74) is 6.54. The molecule has 5 heterocycles. The van der Waals surface area contributed by atoms with Gasteiger partial charge in [-0.05, 0) is 93.6 Å². The van der Waals surface area contributed by atoms with Gasteiger partial charge in [0.15, 0.2) is 12.0 Å². The molecule has 1 spiro atoms. The Kier molecular flexibility index (Phi) is 8.81. The lowest BCUT2D eigenvalue weighted by Crippen LogP contribution is -2.48. The summed E-state index contributed by atoms with van der Waals surface area (Å²) in [4.78, 5) is 56.0. The third-order valence-corrected chi connectivity index (χ3v) is 11.2. The minimum Gasteiger partial charge on any atom is -0.490 e. The van der Waals surface area contributed by atoms with Crippen LogP contribution in [0.4, 0.5) is 17.1 Å². The summed E-state index contributed by atoms with van der Waals surface area (Å²) >= 11 is 0. The van der Waals surface area contributed by atoms with E-state index in [4.69, 9.17) is 14.4 Å². The Labute approximate surface area is 274 Å². The van der Waals surface area contributed by atoms with E-state index in [1.165, 1.54) is 24.9 Å². The molecule has 47 heavy (non-hydrogen) atoms. The molecular weight excluding hydrogens is 604 g/mol. The molecule has 4 saturated heterocycles. The van der Waals surface area contributed by atoms with E-state index in [1.54, 1.807) is 12.1 Å². The molecule has 13 heteroatoms. The van der Waals surface area contributed by atoms with E-state index >= 15 is 0 Å². The number of nitro benzene ring substituents is 1. The second-order valence-corrected chi connectivity index (χ2v) is 13.8. The topological polar surface area (TPSA) is 130 Å². The van der Waals surface area contributed by atoms with Gasteiger partial charge in [-0.2, -0.15) is 0 Å². The van der Waals surface area contributed by atoms with Gasteiger partial charge in [0.1, 0.15) is 0 Å². The number of aryl methyl sites for hydroxylation is 1. The molecular formula is C34H44N6O7. The number of nitro groups is 1. The normalized spacial score (nSPS) is 23.8. The van der Waals surface area contributed by atoms with Crippen molar-refractivity contribution in [3.05, 3.63) is 57.1 Å². The van der Waals surface area contributed by atoms with Gasteiger partial charge in [0.25, 0.3) is 11.8 Å². The van der Waals surface area contributed by atoms with Gasteiger partial charge in [-0.1, -0.05) is 5.64 Å². The number of amides is 2. The molecule has 1 atom stereocenters. The highest BCUT2D eigenvalue weighted by Crippen LogP contribution is 2.44. The summed E-state index contributed by atoms with van der Waals surface area (Å²) < 4.78 is 5.34. The number of anilines is 2. The van der Waals surface area contributed by atoms with Crippen LogP contribution in [0.5, 0.6) is 5.75 Å². The molecule has 0 bridgehead atoms. The van der Waals surface area contributed by atoms with Gasteiger partial charge in [-0.25, -0.2) is 4.90 Å². The van der Waals surface area contributed by atoms with Crippen molar-refractivity contribution >= 4 is 28.9 Å². The van der Waals surface area contributed by atoms with E-state index < -0.39 is 6.23 Å². The number of fused-ring (bicyclic) bond motifs is 1. The Hall–Kier alpha value is -3.78. The van der Waals surface area contributed by atoms with Crippen molar-refractivity contribution in [1.29, 1.82) is 0 Å². The number of piperidine rings is 3. The van der Waals surface area contributed by atoms with Crippen LogP contribution in [0, 0.1) is 28.4 Å². The largest absolute Gasteiger partial charge is 0.490 e. The van der Waals surface area contributed by atoms with Crippen molar-refractivity contribution in [3.63, 3.8) is 0 Å². The van der Waals surface area contributed by atoms with Gasteiger partial charge in [0.05, 0.1) is 29.8 Å². The summed E-state index contributed by atoms with van der Waals surface area (Å²) in [5, 5.41) is 11.4. The van der Waals surface area contributed by atoms with Crippen LogP contribution in [0.15, 0.2) is 30.3 Å². The number of benzene rings is 2. The quantitative estimate of drug-likeness (QED) is 0.262. The predicted octanol–water partition coefficient (Wildman–Crippen LogP) is 4.29. The van der Waals surface area contributed by atoms with E-state index in [1.807, 2.05) is 25.1 Å². The summed E-state index contributed by atoms with van der Waals surface area (Å²) in [6.45, 7) is 9.48. The molecule has 7 rings (SSSR count). The molecule has 2 aromatic carbocycles. The molecule has 5 aliphatic rings. The van der Waals surface area contributed by atoms with Crippen LogP contribution in [0.3, 0.4) is 0 Å². The molecule has 1 unspecified atom stereocenters. The number of nitrogens with zero attached hydrogens (tertiary/aromatic N) is 5. The monoisotopic (exact) mass is 648 g/mol. The lowest BCUT2D eigenvalue weighted by molar-refractivity contribution is -0.385. The standard InChI is InChI=1S/C34H44N6O7/c1-23-19-29(40(43)44)30(45-2)21-28(23)38-16-10-34(11-17-38)8-14-36(15-9-34)22-24-5-12-37(13-6-24)25-3-4-26-27(20-25)33(42)39(32(26)41)31-7-18-46-35-47-31/h3-4,19-21,24,31,35H,5-18,22H2,1-2H3. The number of rotatable bonds is 7. The fraction of sp³-hybridized carbons (Fsp3) is 0.588. The van der Waals surface area contributed by atoms with Gasteiger partial charge in [0.2, 0.25) is 0 Å². The van der Waals surface area contributed by atoms with Gasteiger partial charge in [0, 0.05) is 62.7 Å². The fourth-order valence-electron chi connectivity index (χ4n) is 8.22. The summed E-state index contributed by atoms with van der Waals surface area (Å²) in [6, 6.07) is 9.08. The zero-order chi connectivity index (χ0) is 32.7. The number of carbonyl (C=O) groups is 2. The van der Waals surface area contributed by atoms with Crippen molar-refractivity contribution < 1.29 is 28.9 Å². The Morgan fingerprint density at radius 3 is 2.30 bits per heavy atom. The number of imide groups is 1. The molecule has 4 fully saturated rings. The predicted molar refractivity (Wildman–Crippen MR) is 174 cm³/mol. The van der Waals surface area contributed by atoms with Gasteiger partial charge < -0.3 is 19.4 Å². The number of hydrogen-bond acceptors (Lipinski definition) is 11. The number of carbonyl (C=O) groups excluding carboxylic acids is 2. The van der Waals surface area contributed by atoms with Gasteiger partial charge in [-0.3, -0.25) is 29.4 Å². The first kappa shape index (κ1) is 31.8. The molecule has 13 nitrogen and oxygen atoms in total. The van der Waals surface area contributed by atoms with Crippen molar-refractivity contribution in [2.75, 3.05) is 69.3 Å². The fourth-order valence-corrected chi connectivity index (χ4v) is 8.22. The molecule has 0 aromatic heterocycles. The van der Waals surface area contributed by atoms with Crippen molar-refractivity contribution in [3.8, 4) is 5.75 Å². The molecule has 1 N–H and O–H groups in total. The molecule has 2 aromatic rings. The molecule has 0 saturated carbocycles. The lowest BCUT2D eigenvalue weighted by Gasteiger charge is -2.48. The summed E-state index contributed by atoms with van der Waals surface area (Å²) in [5.74, 6) is 0.331. The van der Waals surface area contributed by atoms with E-state index in [0.717, 1.165) is 88.4 Å². The van der Waals surface area contributed by atoms with Gasteiger partial charge in [-0.15, -0.1) is 0 Å². The Bertz CT molecular complexity index is 1520. The summed E-state index contributed by atoms with van der Waals surface area (Å²) in [7, 11) is 1.49. The van der Waals surface area contributed by atoms with Crippen molar-refractivity contribution in [1.82, 2.24) is 15.4 Å². The average molecular weight is 649 g/mol. The molecule has 0 aliphatic carbocycles. The summed E-state index contributed by atoms with van der Waals surface area (Å²) in [6.07, 6.45) is 6.68. The third kappa shape index (κ3) is 6.17. The maximum atomic E-state index is 13.2. The van der Waals surface area contributed by atoms with Gasteiger partial charge >= 0.3 is 5.69 Å². The number of nitrogens with one attached hydrogen (secondary N) is 1. The second-order valence-electron chi connectivity index (χ2n) is 13.8. The van der Waals surface area contributed by atoms with Crippen LogP contribution in [-0.2, 0) is 9.68 Å². The highest BCUT2D eigenvalue weighted by Gasteiger charge is 2.42. The highest BCUT2D eigenvalue weighted by atomic mass is 16.9. The van der Waals surface area contributed by atoms with Crippen molar-refractivity contribution in [2.24, 2.45) is 11.3 Å². The van der Waals surface area contributed by atoms with E-state index in [2.05, 4.69) is 20.3 Å². The van der Waals surface area contributed by atoms with E-state index in [0.29, 0.717) is 41.2 Å². The minimum atomic E-state index is -0.677. The maximum Gasteiger partial charge on any atom is 0.311 e. The number of methoxy groups -OCH3 is 1. The zero-order valence-electron chi connectivity index (χ0n) is 27.2. The third-order valence-electron chi connectivity index (χ3n) is 11.2. The van der Waals surface area contributed by atoms with Crippen LogP contribution >= 0.6 is 0 Å². The molecule has 0 radical (unpaired) electrons. The van der Waals surface area contributed by atoms with Crippen LogP contribution in [0.2, 0.25) is 0 Å². The smallest absolute Gasteiger partial charge is 0.311 e. The molecule has 252 valence electrons. The zero-order valence-corrected chi connectivity index (χ0v) is 27.2. The molecule has 2 amide bonds. The van der Waals surface area contributed by atoms with Crippen LogP contribution in [0.1, 0.15) is 71.2 Å². The number of hydrogen-bond donors (Lipinski definition) is 1. The first-order valence-corrected chi connectivity index (χ1v) is 16.8. The lowest BCUT2D eigenvalue weighted by atomic mass is 9.71. The second kappa shape index (κ2) is 13.0. The average Bonchev–Trinajstić information content (AvgIpc) is 3.35. The number of likely N-dealkylation sites (tertiary alicyclic amines) is 1.